The SMILES string of the molecule is CCCOC(=O)c1[nH]cnc1[SiH3]. The fourth-order valence-corrected chi connectivity index (χ4v) is 1.31. The minimum atomic E-state index is -0.292. The molecule has 0 aromatic carbocycles. The molecule has 66 valence electrons. The van der Waals surface area contributed by atoms with Crippen molar-refractivity contribution in [1.29, 1.82) is 0 Å². The van der Waals surface area contributed by atoms with Crippen LogP contribution in [0.1, 0.15) is 23.8 Å². The number of hydrogen-bond donors (Lipinski definition) is 1. The maximum absolute atomic E-state index is 11.2. The van der Waals surface area contributed by atoms with Crippen molar-refractivity contribution < 1.29 is 9.53 Å². The molecule has 0 radical (unpaired) electrons. The highest BCUT2D eigenvalue weighted by atomic mass is 28.1. The maximum atomic E-state index is 11.2. The number of ether oxygens (including phenoxy) is 1. The summed E-state index contributed by atoms with van der Waals surface area (Å²) in [6.07, 6.45) is 2.36. The molecule has 0 saturated carbocycles. The molecule has 0 spiro atoms. The highest BCUT2D eigenvalue weighted by Crippen LogP contribution is 1.92. The number of carbonyl (C=O) groups excluding carboxylic acids is 1. The summed E-state index contributed by atoms with van der Waals surface area (Å²) in [4.78, 5) is 17.9. The molecule has 0 aliphatic heterocycles. The van der Waals surface area contributed by atoms with Gasteiger partial charge in [0.25, 0.3) is 0 Å². The molecule has 1 N–H and O–H groups in total. The van der Waals surface area contributed by atoms with Crippen LogP contribution in [0.4, 0.5) is 0 Å². The van der Waals surface area contributed by atoms with Crippen molar-refractivity contribution in [3.63, 3.8) is 0 Å². The molecule has 0 bridgehead atoms. The van der Waals surface area contributed by atoms with Gasteiger partial charge in [-0.1, -0.05) is 6.92 Å². The topological polar surface area (TPSA) is 55.0 Å². The van der Waals surface area contributed by atoms with Crippen molar-refractivity contribution >= 4 is 21.5 Å². The first kappa shape index (κ1) is 8.99. The monoisotopic (exact) mass is 184 g/mol. The Morgan fingerprint density at radius 3 is 3.08 bits per heavy atom. The van der Waals surface area contributed by atoms with Crippen LogP contribution in [-0.2, 0) is 4.74 Å². The summed E-state index contributed by atoms with van der Waals surface area (Å²) in [5.74, 6) is -0.292. The van der Waals surface area contributed by atoms with E-state index in [0.29, 0.717) is 12.3 Å². The summed E-state index contributed by atoms with van der Waals surface area (Å²) >= 11 is 0. The quantitative estimate of drug-likeness (QED) is 0.482. The molecule has 0 fully saturated rings. The molecule has 12 heavy (non-hydrogen) atoms. The van der Waals surface area contributed by atoms with Crippen molar-refractivity contribution in [2.24, 2.45) is 0 Å². The Balaban J connectivity index is 2.59. The number of rotatable bonds is 3. The van der Waals surface area contributed by atoms with E-state index in [1.807, 2.05) is 6.92 Å². The van der Waals surface area contributed by atoms with Crippen molar-refractivity contribution in [2.45, 2.75) is 13.3 Å². The molecule has 0 aliphatic rings. The Morgan fingerprint density at radius 2 is 2.58 bits per heavy atom. The third-order valence-electron chi connectivity index (χ3n) is 1.47. The summed E-state index contributed by atoms with van der Waals surface area (Å²) in [6, 6.07) is 0. The van der Waals surface area contributed by atoms with Crippen molar-refractivity contribution in [3.05, 3.63) is 12.0 Å². The number of nitrogens with one attached hydrogen (secondary N) is 1. The van der Waals surface area contributed by atoms with Crippen LogP contribution in [0.15, 0.2) is 6.33 Å². The van der Waals surface area contributed by atoms with Crippen LogP contribution in [0.5, 0.6) is 0 Å². The molecule has 5 heteroatoms. The van der Waals surface area contributed by atoms with Gasteiger partial charge in [0.15, 0.2) is 0 Å². The first-order valence-corrected chi connectivity index (χ1v) is 4.92. The predicted molar refractivity (Wildman–Crippen MR) is 48.7 cm³/mol. The number of imidazole rings is 1. The highest BCUT2D eigenvalue weighted by molar-refractivity contribution is 6.34. The van der Waals surface area contributed by atoms with Gasteiger partial charge in [-0.05, 0) is 6.42 Å². The fraction of sp³-hybridized carbons (Fsp3) is 0.429. The average Bonchev–Trinajstić information content (AvgIpc) is 2.47. The zero-order valence-electron chi connectivity index (χ0n) is 7.26. The minimum absolute atomic E-state index is 0.292. The molecular formula is C7H12N2O2Si. The molecule has 0 saturated heterocycles. The van der Waals surface area contributed by atoms with E-state index >= 15 is 0 Å². The largest absolute Gasteiger partial charge is 0.461 e. The number of nitrogens with zero attached hydrogens (tertiary/aromatic N) is 1. The second kappa shape index (κ2) is 4.06. The lowest BCUT2D eigenvalue weighted by Crippen LogP contribution is -2.18. The van der Waals surface area contributed by atoms with Gasteiger partial charge in [0.2, 0.25) is 0 Å². The lowest BCUT2D eigenvalue weighted by atomic mass is 10.5. The molecule has 0 atom stereocenters. The molecule has 0 aliphatic carbocycles. The average molecular weight is 184 g/mol. The zero-order valence-corrected chi connectivity index (χ0v) is 9.26. The van der Waals surface area contributed by atoms with Gasteiger partial charge in [0.1, 0.15) is 5.69 Å². The van der Waals surface area contributed by atoms with Gasteiger partial charge >= 0.3 is 5.97 Å². The van der Waals surface area contributed by atoms with Gasteiger partial charge in [0, 0.05) is 5.32 Å². The summed E-state index contributed by atoms with van der Waals surface area (Å²) in [7, 11) is 0.761. The lowest BCUT2D eigenvalue weighted by Gasteiger charge is -2.00. The standard InChI is InChI=1S/C7H12N2O2Si/c1-2-3-11-7(10)5-6(12)9-4-8-5/h4H,2-3H2,1,12H3,(H,8,9). The maximum Gasteiger partial charge on any atom is 0.356 e. The van der Waals surface area contributed by atoms with Crippen LogP contribution in [0.25, 0.3) is 0 Å². The van der Waals surface area contributed by atoms with Gasteiger partial charge in [-0.2, -0.15) is 0 Å². The van der Waals surface area contributed by atoms with Crippen molar-refractivity contribution in [1.82, 2.24) is 9.97 Å². The number of aromatic amines is 1. The first-order valence-electron chi connectivity index (χ1n) is 3.92. The normalized spacial score (nSPS) is 10.1. The Bertz CT molecular complexity index is 272. The predicted octanol–water partition coefficient (Wildman–Crippen LogP) is -1.03. The molecule has 1 rings (SSSR count). The van der Waals surface area contributed by atoms with Crippen LogP contribution in [0.3, 0.4) is 0 Å². The van der Waals surface area contributed by atoms with Crippen molar-refractivity contribution in [2.75, 3.05) is 6.61 Å². The summed E-state index contributed by atoms with van der Waals surface area (Å²) in [5.41, 5.74) is 0.509. The number of hydrogen-bond acceptors (Lipinski definition) is 3. The van der Waals surface area contributed by atoms with Gasteiger partial charge in [-0.25, -0.2) is 9.78 Å². The van der Waals surface area contributed by atoms with E-state index in [1.54, 1.807) is 0 Å². The summed E-state index contributed by atoms with van der Waals surface area (Å²) in [6.45, 7) is 2.43. The second-order valence-corrected chi connectivity index (χ2v) is 3.45. The molecule has 1 heterocycles. The van der Waals surface area contributed by atoms with Crippen LogP contribution < -0.4 is 5.32 Å². The molecule has 0 unspecified atom stereocenters. The van der Waals surface area contributed by atoms with Gasteiger partial charge < -0.3 is 9.72 Å². The summed E-state index contributed by atoms with van der Waals surface area (Å²) in [5, 5.41) is 0.816. The van der Waals surface area contributed by atoms with Crippen LogP contribution >= 0.6 is 0 Å². The van der Waals surface area contributed by atoms with E-state index in [4.69, 9.17) is 4.74 Å². The molecule has 0 amide bonds. The van der Waals surface area contributed by atoms with Gasteiger partial charge in [-0.3, -0.25) is 0 Å². The third kappa shape index (κ3) is 1.94. The number of esters is 1. The van der Waals surface area contributed by atoms with Gasteiger partial charge in [-0.15, -0.1) is 0 Å². The van der Waals surface area contributed by atoms with E-state index in [2.05, 4.69) is 9.97 Å². The molecule has 4 nitrogen and oxygen atoms in total. The lowest BCUT2D eigenvalue weighted by molar-refractivity contribution is 0.0500. The minimum Gasteiger partial charge on any atom is -0.461 e. The number of carbonyl (C=O) groups is 1. The van der Waals surface area contributed by atoms with E-state index in [0.717, 1.165) is 22.0 Å². The second-order valence-electron chi connectivity index (χ2n) is 2.50. The van der Waals surface area contributed by atoms with Crippen LogP contribution in [0.2, 0.25) is 0 Å². The Hall–Kier alpha value is -1.10. The molecule has 1 aromatic rings. The van der Waals surface area contributed by atoms with E-state index in [-0.39, 0.29) is 5.97 Å². The van der Waals surface area contributed by atoms with Gasteiger partial charge in [0.05, 0.1) is 23.2 Å². The van der Waals surface area contributed by atoms with E-state index < -0.39 is 0 Å². The molecule has 1 aromatic heterocycles. The van der Waals surface area contributed by atoms with Crippen molar-refractivity contribution in [3.8, 4) is 0 Å². The van der Waals surface area contributed by atoms with E-state index in [9.17, 15) is 4.79 Å². The first-order chi connectivity index (χ1) is 5.75. The number of H-pyrrole nitrogens is 1. The fourth-order valence-electron chi connectivity index (χ4n) is 0.836. The smallest absolute Gasteiger partial charge is 0.356 e. The number of aromatic nitrogens is 2. The van der Waals surface area contributed by atoms with E-state index in [1.165, 1.54) is 6.33 Å². The summed E-state index contributed by atoms with van der Waals surface area (Å²) < 4.78 is 4.93. The van der Waals surface area contributed by atoms with Crippen LogP contribution in [0, 0.1) is 0 Å². The zero-order chi connectivity index (χ0) is 8.97. The molecular weight excluding hydrogens is 172 g/mol. The Morgan fingerprint density at radius 1 is 1.83 bits per heavy atom. The highest BCUT2D eigenvalue weighted by Gasteiger charge is 2.10. The van der Waals surface area contributed by atoms with Crippen LogP contribution in [-0.4, -0.2) is 32.8 Å². The Kier molecular flexibility index (Phi) is 3.04. The third-order valence-corrected chi connectivity index (χ3v) is 2.23. The Labute approximate surface area is 73.8 Å².